The predicted molar refractivity (Wildman–Crippen MR) is 92.0 cm³/mol. The molecule has 2 nitrogen and oxygen atoms in total. The average molecular weight is 288 g/mol. The van der Waals surface area contributed by atoms with E-state index in [0.717, 1.165) is 6.42 Å². The molecule has 2 unspecified atom stereocenters. The summed E-state index contributed by atoms with van der Waals surface area (Å²) in [5.74, 6) is 0. The van der Waals surface area contributed by atoms with Crippen molar-refractivity contribution in [2.45, 2.75) is 65.0 Å². The fourth-order valence-corrected chi connectivity index (χ4v) is 3.97. The molecule has 1 aliphatic heterocycles. The van der Waals surface area contributed by atoms with E-state index in [4.69, 9.17) is 0 Å². The smallest absolute Gasteiger partial charge is 0.0334 e. The molecule has 0 saturated carbocycles. The van der Waals surface area contributed by atoms with Crippen LogP contribution >= 0.6 is 0 Å². The Bertz CT molecular complexity index is 442. The van der Waals surface area contributed by atoms with Gasteiger partial charge in [0.2, 0.25) is 0 Å². The molecule has 1 heterocycles. The summed E-state index contributed by atoms with van der Waals surface area (Å²) in [5, 5.41) is 3.62. The maximum absolute atomic E-state index is 3.62. The zero-order chi connectivity index (χ0) is 15.5. The zero-order valence-electron chi connectivity index (χ0n) is 14.5. The number of hydrogen-bond donors (Lipinski definition) is 1. The van der Waals surface area contributed by atoms with E-state index in [-0.39, 0.29) is 5.54 Å². The van der Waals surface area contributed by atoms with Crippen molar-refractivity contribution in [1.82, 2.24) is 10.2 Å². The monoisotopic (exact) mass is 288 g/mol. The van der Waals surface area contributed by atoms with E-state index >= 15 is 0 Å². The lowest BCUT2D eigenvalue weighted by atomic mass is 9.83. The second-order valence-electron chi connectivity index (χ2n) is 6.95. The molecule has 0 amide bonds. The third kappa shape index (κ3) is 3.67. The molecule has 2 heteroatoms. The maximum atomic E-state index is 3.62. The molecule has 1 saturated heterocycles. The SMILES string of the molecule is CCC(C)(C(Cc1cc(C)cc(C)c1)NC)N1CCCC1. The van der Waals surface area contributed by atoms with Crippen LogP contribution in [0.2, 0.25) is 0 Å². The van der Waals surface area contributed by atoms with Gasteiger partial charge in [-0.2, -0.15) is 0 Å². The first-order chi connectivity index (χ1) is 9.99. The molecular weight excluding hydrogens is 256 g/mol. The molecule has 118 valence electrons. The second-order valence-corrected chi connectivity index (χ2v) is 6.95. The average Bonchev–Trinajstić information content (AvgIpc) is 2.97. The minimum absolute atomic E-state index is 0.253. The van der Waals surface area contributed by atoms with Gasteiger partial charge in [0, 0.05) is 11.6 Å². The topological polar surface area (TPSA) is 15.3 Å². The molecule has 2 atom stereocenters. The fraction of sp³-hybridized carbons (Fsp3) is 0.684. The normalized spacial score (nSPS) is 20.4. The first kappa shape index (κ1) is 16.5. The molecule has 1 N–H and O–H groups in total. The summed E-state index contributed by atoms with van der Waals surface area (Å²) in [6.45, 7) is 11.7. The maximum Gasteiger partial charge on any atom is 0.0334 e. The van der Waals surface area contributed by atoms with Crippen molar-refractivity contribution in [3.8, 4) is 0 Å². The number of aryl methyl sites for hydroxylation is 2. The quantitative estimate of drug-likeness (QED) is 0.858. The van der Waals surface area contributed by atoms with Gasteiger partial charge in [0.05, 0.1) is 0 Å². The summed E-state index contributed by atoms with van der Waals surface area (Å²) in [5.41, 5.74) is 4.47. The van der Waals surface area contributed by atoms with Gasteiger partial charge < -0.3 is 5.32 Å². The first-order valence-corrected chi connectivity index (χ1v) is 8.49. The number of rotatable bonds is 6. The van der Waals surface area contributed by atoms with Gasteiger partial charge in [0.25, 0.3) is 0 Å². The van der Waals surface area contributed by atoms with Crippen molar-refractivity contribution in [3.05, 3.63) is 34.9 Å². The third-order valence-electron chi connectivity index (χ3n) is 5.36. The Morgan fingerprint density at radius 1 is 1.14 bits per heavy atom. The van der Waals surface area contributed by atoms with Crippen LogP contribution in [0.25, 0.3) is 0 Å². The summed E-state index contributed by atoms with van der Waals surface area (Å²) < 4.78 is 0. The van der Waals surface area contributed by atoms with Crippen molar-refractivity contribution in [3.63, 3.8) is 0 Å². The molecule has 21 heavy (non-hydrogen) atoms. The minimum atomic E-state index is 0.253. The molecule has 1 aromatic carbocycles. The lowest BCUT2D eigenvalue weighted by Gasteiger charge is -2.44. The van der Waals surface area contributed by atoms with Crippen molar-refractivity contribution in [1.29, 1.82) is 0 Å². The molecule has 0 bridgehead atoms. The van der Waals surface area contributed by atoms with Crippen LogP contribution in [-0.2, 0) is 6.42 Å². The van der Waals surface area contributed by atoms with Crippen molar-refractivity contribution in [2.75, 3.05) is 20.1 Å². The highest BCUT2D eigenvalue weighted by molar-refractivity contribution is 5.29. The van der Waals surface area contributed by atoms with Crippen LogP contribution in [0.1, 0.15) is 49.8 Å². The number of likely N-dealkylation sites (N-methyl/N-ethyl adjacent to an activating group) is 1. The molecule has 0 radical (unpaired) electrons. The van der Waals surface area contributed by atoms with Crippen LogP contribution in [-0.4, -0.2) is 36.6 Å². The Labute approximate surface area is 130 Å². The van der Waals surface area contributed by atoms with E-state index in [0.29, 0.717) is 6.04 Å². The lowest BCUT2D eigenvalue weighted by molar-refractivity contribution is 0.0873. The standard InChI is InChI=1S/C19H32N2/c1-6-19(4,21-9-7-8-10-21)18(20-5)14-17-12-15(2)11-16(3)13-17/h11-13,18,20H,6-10,14H2,1-5H3. The van der Waals surface area contributed by atoms with E-state index in [1.54, 1.807) is 0 Å². The highest BCUT2D eigenvalue weighted by Crippen LogP contribution is 2.29. The summed E-state index contributed by atoms with van der Waals surface area (Å²) >= 11 is 0. The Morgan fingerprint density at radius 3 is 2.19 bits per heavy atom. The zero-order valence-corrected chi connectivity index (χ0v) is 14.5. The van der Waals surface area contributed by atoms with Crippen LogP contribution in [0.15, 0.2) is 18.2 Å². The molecule has 1 aliphatic rings. The second kappa shape index (κ2) is 6.93. The van der Waals surface area contributed by atoms with Crippen molar-refractivity contribution < 1.29 is 0 Å². The van der Waals surface area contributed by atoms with E-state index in [1.165, 1.54) is 49.0 Å². The van der Waals surface area contributed by atoms with Gasteiger partial charge in [-0.25, -0.2) is 0 Å². The van der Waals surface area contributed by atoms with Gasteiger partial charge in [0.15, 0.2) is 0 Å². The third-order valence-corrected chi connectivity index (χ3v) is 5.36. The van der Waals surface area contributed by atoms with Gasteiger partial charge in [0.1, 0.15) is 0 Å². The molecular formula is C19H32N2. The highest BCUT2D eigenvalue weighted by Gasteiger charge is 2.38. The molecule has 0 aliphatic carbocycles. The number of benzene rings is 1. The molecule has 0 aromatic heterocycles. The van der Waals surface area contributed by atoms with Crippen LogP contribution in [0.3, 0.4) is 0 Å². The Kier molecular flexibility index (Phi) is 5.45. The number of likely N-dealkylation sites (tertiary alicyclic amines) is 1. The largest absolute Gasteiger partial charge is 0.315 e. The van der Waals surface area contributed by atoms with Gasteiger partial charge in [-0.3, -0.25) is 4.90 Å². The van der Waals surface area contributed by atoms with Crippen molar-refractivity contribution in [2.24, 2.45) is 0 Å². The number of hydrogen-bond acceptors (Lipinski definition) is 2. The molecule has 0 spiro atoms. The van der Waals surface area contributed by atoms with E-state index in [2.05, 4.69) is 63.2 Å². The van der Waals surface area contributed by atoms with Gasteiger partial charge in [-0.15, -0.1) is 0 Å². The van der Waals surface area contributed by atoms with Crippen LogP contribution in [0.5, 0.6) is 0 Å². The highest BCUT2D eigenvalue weighted by atomic mass is 15.2. The van der Waals surface area contributed by atoms with Gasteiger partial charge >= 0.3 is 0 Å². The fourth-order valence-electron chi connectivity index (χ4n) is 3.97. The predicted octanol–water partition coefficient (Wildman–Crippen LogP) is 3.70. The summed E-state index contributed by atoms with van der Waals surface area (Å²) in [4.78, 5) is 2.71. The minimum Gasteiger partial charge on any atom is -0.315 e. The van der Waals surface area contributed by atoms with Gasteiger partial charge in [-0.1, -0.05) is 36.2 Å². The summed E-state index contributed by atoms with van der Waals surface area (Å²) in [6, 6.07) is 7.45. The molecule has 1 aromatic rings. The summed E-state index contributed by atoms with van der Waals surface area (Å²) in [7, 11) is 2.12. The van der Waals surface area contributed by atoms with Crippen LogP contribution in [0.4, 0.5) is 0 Å². The number of nitrogens with zero attached hydrogens (tertiary/aromatic N) is 1. The lowest BCUT2D eigenvalue weighted by Crippen LogP contribution is -2.58. The summed E-state index contributed by atoms with van der Waals surface area (Å²) in [6.07, 6.45) is 5.02. The Morgan fingerprint density at radius 2 is 1.71 bits per heavy atom. The van der Waals surface area contributed by atoms with E-state index in [1.807, 2.05) is 0 Å². The van der Waals surface area contributed by atoms with E-state index < -0.39 is 0 Å². The van der Waals surface area contributed by atoms with Crippen LogP contribution < -0.4 is 5.32 Å². The van der Waals surface area contributed by atoms with Gasteiger partial charge in [-0.05, 0) is 72.2 Å². The number of nitrogens with one attached hydrogen (secondary N) is 1. The Hall–Kier alpha value is -0.860. The van der Waals surface area contributed by atoms with Crippen LogP contribution in [0, 0.1) is 13.8 Å². The Balaban J connectivity index is 2.20. The molecule has 2 rings (SSSR count). The first-order valence-electron chi connectivity index (χ1n) is 8.49. The molecule has 1 fully saturated rings. The van der Waals surface area contributed by atoms with Crippen molar-refractivity contribution >= 4 is 0 Å². The van der Waals surface area contributed by atoms with E-state index in [9.17, 15) is 0 Å².